The van der Waals surface area contributed by atoms with Crippen LogP contribution < -0.4 is 52.8 Å². The van der Waals surface area contributed by atoms with Crippen LogP contribution in [0.15, 0.2) is 78.4 Å². The van der Waals surface area contributed by atoms with Crippen LogP contribution in [0.5, 0.6) is 0 Å². The number of allylic oxidation sites excluding steroid dienone is 4. The Morgan fingerprint density at radius 2 is 1.00 bits per heavy atom. The van der Waals surface area contributed by atoms with Crippen LogP contribution >= 0.6 is 0 Å². The SMILES string of the molecule is Cc1cc(C)cc([Si](c2cc(C)cc(C)c2)(c2cc(C)cc(C)c2)[C]2([Ti+3])CCC3CC=CC=C32)c1.[Cl-].[Cl-].[Cl-]. The van der Waals surface area contributed by atoms with E-state index in [9.17, 15) is 0 Å². The van der Waals surface area contributed by atoms with E-state index in [2.05, 4.69) is 135 Å². The Morgan fingerprint density at radius 3 is 1.37 bits per heavy atom. The second-order valence-electron chi connectivity index (χ2n) is 11.3. The summed E-state index contributed by atoms with van der Waals surface area (Å²) in [5.41, 5.74) is 9.96. The molecule has 3 aromatic rings. The Hall–Kier alpha value is -1.06. The van der Waals surface area contributed by atoms with Crippen molar-refractivity contribution in [3.63, 3.8) is 0 Å². The van der Waals surface area contributed by atoms with E-state index in [4.69, 9.17) is 0 Å². The minimum absolute atomic E-state index is 0. The normalized spacial score (nSPS) is 20.0. The molecule has 2 unspecified atom stereocenters. The fourth-order valence-electron chi connectivity index (χ4n) is 7.19. The molecule has 0 radical (unpaired) electrons. The van der Waals surface area contributed by atoms with Gasteiger partial charge in [0.15, 0.2) is 0 Å². The van der Waals surface area contributed by atoms with Gasteiger partial charge in [-0.25, -0.2) is 0 Å². The third-order valence-corrected chi connectivity index (χ3v) is 16.1. The maximum absolute atomic E-state index is 2.64. The molecule has 198 valence electrons. The minimum Gasteiger partial charge on any atom is -1.00 e. The summed E-state index contributed by atoms with van der Waals surface area (Å²) < 4.78 is 0.114. The Kier molecular flexibility index (Phi) is 11.0. The summed E-state index contributed by atoms with van der Waals surface area (Å²) in [6.07, 6.45) is 11.0. The third kappa shape index (κ3) is 5.58. The molecule has 0 amide bonds. The summed E-state index contributed by atoms with van der Waals surface area (Å²) in [6.45, 7) is 13.7. The van der Waals surface area contributed by atoms with E-state index in [-0.39, 0.29) is 40.6 Å². The largest absolute Gasteiger partial charge is 1.00 e. The zero-order valence-electron chi connectivity index (χ0n) is 23.3. The van der Waals surface area contributed by atoms with Gasteiger partial charge in [0.1, 0.15) is 0 Å². The summed E-state index contributed by atoms with van der Waals surface area (Å²) in [5.74, 6) is 0.680. The van der Waals surface area contributed by atoms with Gasteiger partial charge in [-0.05, 0) is 0 Å². The standard InChI is InChI=1S/C33H37Si.3ClH.Ti/c1-22-13-23(2)17-29(16-22)34(30-18-24(3)14-25(4)19-30,31-20-26(5)15-27(6)21-31)33-12-11-28-9-7-8-10-32(28)33;;;;/h7-8,10,13-21,28H,9,11-12H2,1-6H3;3*1H;/q;;;;+3/p-3. The van der Waals surface area contributed by atoms with Crippen molar-refractivity contribution >= 4 is 23.6 Å². The topological polar surface area (TPSA) is 0 Å². The molecule has 0 bridgehead atoms. The van der Waals surface area contributed by atoms with E-state index >= 15 is 0 Å². The molecule has 2 aliphatic carbocycles. The number of fused-ring (bicyclic) bond motifs is 1. The van der Waals surface area contributed by atoms with Crippen LogP contribution in [0.25, 0.3) is 0 Å². The summed E-state index contributed by atoms with van der Waals surface area (Å²) >= 11 is 2.64. The monoisotopic (exact) mass is 614 g/mol. The fraction of sp³-hybridized carbons (Fsp3) is 0.333. The summed E-state index contributed by atoms with van der Waals surface area (Å²) in [6, 6.07) is 22.2. The molecule has 3 aromatic carbocycles. The van der Waals surface area contributed by atoms with Crippen LogP contribution in [0.1, 0.15) is 52.6 Å². The molecule has 5 heteroatoms. The molecule has 1 saturated carbocycles. The van der Waals surface area contributed by atoms with Crippen molar-refractivity contribution in [1.82, 2.24) is 0 Å². The molecule has 0 aliphatic heterocycles. The molecule has 2 atom stereocenters. The Bertz CT molecular complexity index is 1190. The molecular formula is C33H37Cl3SiTi. The predicted molar refractivity (Wildman–Crippen MR) is 150 cm³/mol. The Morgan fingerprint density at radius 1 is 0.632 bits per heavy atom. The van der Waals surface area contributed by atoms with Gasteiger partial charge in [-0.2, -0.15) is 0 Å². The van der Waals surface area contributed by atoms with Gasteiger partial charge in [-0.15, -0.1) is 0 Å². The van der Waals surface area contributed by atoms with E-state index in [1.165, 1.54) is 52.6 Å². The molecule has 0 saturated heterocycles. The van der Waals surface area contributed by atoms with E-state index in [1.807, 2.05) is 0 Å². The van der Waals surface area contributed by atoms with Crippen LogP contribution in [-0.4, -0.2) is 8.07 Å². The molecule has 1 fully saturated rings. The number of benzene rings is 3. The predicted octanol–water partition coefficient (Wildman–Crippen LogP) is -2.44. The van der Waals surface area contributed by atoms with Gasteiger partial charge >= 0.3 is 226 Å². The fourth-order valence-corrected chi connectivity index (χ4v) is 16.3. The van der Waals surface area contributed by atoms with E-state index in [0.717, 1.165) is 0 Å². The molecule has 2 aliphatic rings. The van der Waals surface area contributed by atoms with Gasteiger partial charge in [0.25, 0.3) is 0 Å². The summed E-state index contributed by atoms with van der Waals surface area (Å²) in [5, 5.41) is 4.72. The van der Waals surface area contributed by atoms with Crippen LogP contribution in [-0.2, 0) is 20.4 Å². The van der Waals surface area contributed by atoms with Crippen molar-refractivity contribution in [2.24, 2.45) is 5.92 Å². The smallest absolute Gasteiger partial charge is 1.00 e. The first kappa shape index (κ1) is 33.1. The average molecular weight is 616 g/mol. The van der Waals surface area contributed by atoms with Crippen LogP contribution in [0.4, 0.5) is 0 Å². The molecule has 0 spiro atoms. The first-order chi connectivity index (χ1) is 16.6. The number of halogens is 3. The number of rotatable bonds is 4. The van der Waals surface area contributed by atoms with Crippen molar-refractivity contribution in [3.8, 4) is 0 Å². The quantitative estimate of drug-likeness (QED) is 0.226. The van der Waals surface area contributed by atoms with Gasteiger partial charge in [0.2, 0.25) is 0 Å². The maximum atomic E-state index is 2.64. The van der Waals surface area contributed by atoms with E-state index in [0.29, 0.717) is 5.92 Å². The van der Waals surface area contributed by atoms with Gasteiger partial charge in [0, 0.05) is 0 Å². The number of hydrogen-bond acceptors (Lipinski definition) is 0. The second-order valence-corrected chi connectivity index (χ2v) is 17.5. The molecular weight excluding hydrogens is 579 g/mol. The molecule has 0 nitrogen and oxygen atoms in total. The summed E-state index contributed by atoms with van der Waals surface area (Å²) in [7, 11) is -2.51. The average Bonchev–Trinajstić information content (AvgIpc) is 3.10. The van der Waals surface area contributed by atoms with E-state index < -0.39 is 8.07 Å². The second kappa shape index (κ2) is 12.6. The number of hydrogen-bond donors (Lipinski definition) is 0. The molecule has 5 rings (SSSR count). The van der Waals surface area contributed by atoms with Crippen LogP contribution in [0.2, 0.25) is 3.34 Å². The zero-order valence-corrected chi connectivity index (χ0v) is 28.1. The third-order valence-electron chi connectivity index (χ3n) is 8.24. The van der Waals surface area contributed by atoms with Gasteiger partial charge in [-0.1, -0.05) is 0 Å². The Labute approximate surface area is 261 Å². The van der Waals surface area contributed by atoms with Crippen LogP contribution in [0, 0.1) is 47.5 Å². The maximum Gasteiger partial charge on any atom is -1.00 e. The van der Waals surface area contributed by atoms with Crippen molar-refractivity contribution in [3.05, 3.63) is 112 Å². The van der Waals surface area contributed by atoms with Gasteiger partial charge in [0.05, 0.1) is 0 Å². The Balaban J connectivity index is 0.00000169. The minimum atomic E-state index is -2.51. The van der Waals surface area contributed by atoms with Crippen molar-refractivity contribution in [1.29, 1.82) is 0 Å². The first-order valence-corrected chi connectivity index (χ1v) is 15.8. The molecule has 0 N–H and O–H groups in total. The zero-order chi connectivity index (χ0) is 25.0. The molecule has 0 aromatic heterocycles. The molecule has 38 heavy (non-hydrogen) atoms. The summed E-state index contributed by atoms with van der Waals surface area (Å²) in [4.78, 5) is 0. The van der Waals surface area contributed by atoms with Crippen molar-refractivity contribution in [2.45, 2.75) is 64.1 Å². The van der Waals surface area contributed by atoms with E-state index in [1.54, 1.807) is 21.1 Å². The van der Waals surface area contributed by atoms with Gasteiger partial charge < -0.3 is 37.2 Å². The molecule has 0 heterocycles. The van der Waals surface area contributed by atoms with Gasteiger partial charge in [-0.3, -0.25) is 0 Å². The first-order valence-electron chi connectivity index (χ1n) is 13.0. The number of aryl methyl sites for hydroxylation is 6. The van der Waals surface area contributed by atoms with Crippen LogP contribution in [0.3, 0.4) is 0 Å². The van der Waals surface area contributed by atoms with Crippen molar-refractivity contribution < 1.29 is 57.7 Å². The van der Waals surface area contributed by atoms with Crippen molar-refractivity contribution in [2.75, 3.05) is 0 Å².